The van der Waals surface area contributed by atoms with E-state index in [-0.39, 0.29) is 5.91 Å². The molecule has 2 N–H and O–H groups in total. The maximum Gasteiger partial charge on any atom is 0.253 e. The predicted octanol–water partition coefficient (Wildman–Crippen LogP) is 4.59. The molecule has 0 radical (unpaired) electrons. The number of amides is 1. The highest BCUT2D eigenvalue weighted by atomic mass is 35.5. The molecule has 2 aromatic rings. The Labute approximate surface area is 181 Å². The number of halogens is 1. The molecule has 1 aromatic carbocycles. The largest absolute Gasteiger partial charge is 0.368 e. The number of likely N-dealkylation sites (tertiary alicyclic amines) is 1. The number of benzene rings is 1. The van der Waals surface area contributed by atoms with Crippen molar-refractivity contribution in [2.24, 2.45) is 4.99 Å². The van der Waals surface area contributed by atoms with E-state index in [0.29, 0.717) is 23.2 Å². The maximum atomic E-state index is 13.2. The second-order valence-corrected chi connectivity index (χ2v) is 8.92. The Balaban J connectivity index is 1.48. The van der Waals surface area contributed by atoms with E-state index in [1.54, 1.807) is 18.3 Å². The maximum absolute atomic E-state index is 13.2. The van der Waals surface area contributed by atoms with Crippen LogP contribution in [-0.2, 0) is 0 Å². The van der Waals surface area contributed by atoms with Gasteiger partial charge in [0, 0.05) is 23.3 Å². The number of amidine groups is 1. The first kappa shape index (κ1) is 19.4. The predicted molar refractivity (Wildman–Crippen MR) is 120 cm³/mol. The van der Waals surface area contributed by atoms with Crippen LogP contribution in [0.5, 0.6) is 0 Å². The van der Waals surface area contributed by atoms with Crippen LogP contribution in [0.25, 0.3) is 0 Å². The third-order valence-electron chi connectivity index (χ3n) is 6.36. The summed E-state index contributed by atoms with van der Waals surface area (Å²) in [5.41, 5.74) is 1.16. The average molecular weight is 424 g/mol. The van der Waals surface area contributed by atoms with Crippen LogP contribution in [-0.4, -0.2) is 46.3 Å². The lowest BCUT2D eigenvalue weighted by molar-refractivity contribution is 0.0694. The zero-order chi connectivity index (χ0) is 20.6. The second-order valence-electron chi connectivity index (χ2n) is 8.49. The first-order valence-electron chi connectivity index (χ1n) is 10.8. The number of fused-ring (bicyclic) bond motifs is 1. The Morgan fingerprint density at radius 1 is 1.20 bits per heavy atom. The highest BCUT2D eigenvalue weighted by Gasteiger charge is 2.45. The van der Waals surface area contributed by atoms with Gasteiger partial charge >= 0.3 is 0 Å². The molecule has 1 unspecified atom stereocenters. The van der Waals surface area contributed by atoms with Gasteiger partial charge in [0.15, 0.2) is 5.82 Å². The minimum Gasteiger partial charge on any atom is -0.368 e. The second kappa shape index (κ2) is 7.91. The number of rotatable bonds is 2. The molecular weight excluding hydrogens is 398 g/mol. The van der Waals surface area contributed by atoms with Gasteiger partial charge in [0.05, 0.1) is 18.3 Å². The summed E-state index contributed by atoms with van der Waals surface area (Å²) in [6.45, 7) is 1.29. The van der Waals surface area contributed by atoms with Crippen LogP contribution in [0.1, 0.15) is 48.9 Å². The Hall–Kier alpha value is -2.60. The van der Waals surface area contributed by atoms with Gasteiger partial charge in [-0.1, -0.05) is 30.5 Å². The van der Waals surface area contributed by atoms with Crippen molar-refractivity contribution in [1.29, 1.82) is 0 Å². The van der Waals surface area contributed by atoms with Crippen LogP contribution in [0.15, 0.2) is 47.6 Å². The lowest BCUT2D eigenvalue weighted by atomic mass is 9.85. The van der Waals surface area contributed by atoms with Crippen LogP contribution in [0.2, 0.25) is 5.02 Å². The van der Waals surface area contributed by atoms with Crippen molar-refractivity contribution in [1.82, 2.24) is 9.88 Å². The Kier molecular flexibility index (Phi) is 5.11. The summed E-state index contributed by atoms with van der Waals surface area (Å²) >= 11 is 6.13. The summed E-state index contributed by atoms with van der Waals surface area (Å²) in [7, 11) is 0. The van der Waals surface area contributed by atoms with E-state index < -0.39 is 5.54 Å². The topological polar surface area (TPSA) is 69.6 Å². The first-order valence-corrected chi connectivity index (χ1v) is 11.1. The van der Waals surface area contributed by atoms with Crippen LogP contribution >= 0.6 is 11.6 Å². The van der Waals surface area contributed by atoms with Gasteiger partial charge in [0.25, 0.3) is 5.91 Å². The summed E-state index contributed by atoms with van der Waals surface area (Å²) in [5, 5.41) is 7.80. The molecule has 1 saturated heterocycles. The molecule has 5 rings (SSSR count). The molecule has 7 heteroatoms. The van der Waals surface area contributed by atoms with Crippen molar-refractivity contribution in [3.8, 4) is 0 Å². The molecule has 1 aromatic heterocycles. The minimum atomic E-state index is -0.425. The number of hydrogen-bond acceptors (Lipinski definition) is 4. The van der Waals surface area contributed by atoms with Gasteiger partial charge in [0.1, 0.15) is 11.4 Å². The molecule has 1 aliphatic carbocycles. The Morgan fingerprint density at radius 2 is 2.07 bits per heavy atom. The zero-order valence-electron chi connectivity index (χ0n) is 16.9. The molecule has 3 heterocycles. The van der Waals surface area contributed by atoms with Crippen molar-refractivity contribution < 1.29 is 4.79 Å². The quantitative estimate of drug-likeness (QED) is 0.741. The van der Waals surface area contributed by atoms with Crippen molar-refractivity contribution in [2.75, 3.05) is 23.7 Å². The molecule has 1 atom stereocenters. The van der Waals surface area contributed by atoms with Crippen LogP contribution in [0.3, 0.4) is 0 Å². The highest BCUT2D eigenvalue weighted by Crippen LogP contribution is 2.36. The Bertz CT molecular complexity index is 987. The van der Waals surface area contributed by atoms with E-state index in [2.05, 4.69) is 15.6 Å². The van der Waals surface area contributed by atoms with Gasteiger partial charge in [-0.05, 0) is 56.0 Å². The zero-order valence-corrected chi connectivity index (χ0v) is 17.7. The molecule has 1 saturated carbocycles. The molecule has 3 aliphatic rings. The SMILES string of the molecule is O=C(c1cccc(Cl)c1)N1CCCC2(C1)Nc1cccnc1NC2=NC1CCCC1. The fourth-order valence-corrected chi connectivity index (χ4v) is 5.04. The fourth-order valence-electron chi connectivity index (χ4n) is 4.85. The summed E-state index contributed by atoms with van der Waals surface area (Å²) in [6, 6.07) is 11.5. The van der Waals surface area contributed by atoms with E-state index in [1.807, 2.05) is 29.2 Å². The first-order chi connectivity index (χ1) is 14.6. The lowest BCUT2D eigenvalue weighted by Crippen LogP contribution is -2.62. The number of nitrogens with one attached hydrogen (secondary N) is 2. The van der Waals surface area contributed by atoms with Gasteiger partial charge in [-0.25, -0.2) is 4.98 Å². The smallest absolute Gasteiger partial charge is 0.253 e. The normalized spacial score (nSPS) is 25.1. The van der Waals surface area contributed by atoms with Gasteiger partial charge in [-0.2, -0.15) is 0 Å². The minimum absolute atomic E-state index is 0.00979. The van der Waals surface area contributed by atoms with Crippen LogP contribution < -0.4 is 10.6 Å². The number of carbonyl (C=O) groups excluding carboxylic acids is 1. The van der Waals surface area contributed by atoms with Gasteiger partial charge < -0.3 is 15.5 Å². The van der Waals surface area contributed by atoms with Crippen LogP contribution in [0, 0.1) is 0 Å². The summed E-state index contributed by atoms with van der Waals surface area (Å²) in [6.07, 6.45) is 8.32. The number of hydrogen-bond donors (Lipinski definition) is 2. The Morgan fingerprint density at radius 3 is 2.90 bits per heavy atom. The third kappa shape index (κ3) is 3.65. The summed E-state index contributed by atoms with van der Waals surface area (Å²) in [4.78, 5) is 24.8. The summed E-state index contributed by atoms with van der Waals surface area (Å²) in [5.74, 6) is 1.73. The van der Waals surface area contributed by atoms with E-state index in [1.165, 1.54) is 12.8 Å². The number of piperidine rings is 1. The molecule has 2 aliphatic heterocycles. The van der Waals surface area contributed by atoms with Gasteiger partial charge in [-0.3, -0.25) is 9.79 Å². The third-order valence-corrected chi connectivity index (χ3v) is 6.59. The number of carbonyl (C=O) groups is 1. The van der Waals surface area contributed by atoms with Crippen molar-refractivity contribution in [3.05, 3.63) is 53.2 Å². The summed E-state index contributed by atoms with van der Waals surface area (Å²) < 4.78 is 0. The molecule has 30 heavy (non-hydrogen) atoms. The average Bonchev–Trinajstić information content (AvgIpc) is 3.27. The number of anilines is 2. The van der Waals surface area contributed by atoms with E-state index in [9.17, 15) is 4.79 Å². The van der Waals surface area contributed by atoms with E-state index in [0.717, 1.165) is 49.6 Å². The molecular formula is C23H26ClN5O. The molecule has 156 valence electrons. The highest BCUT2D eigenvalue weighted by molar-refractivity contribution is 6.31. The number of aromatic nitrogens is 1. The van der Waals surface area contributed by atoms with Crippen LogP contribution in [0.4, 0.5) is 11.5 Å². The van der Waals surface area contributed by atoms with Crippen molar-refractivity contribution in [3.63, 3.8) is 0 Å². The van der Waals surface area contributed by atoms with Crippen molar-refractivity contribution >= 4 is 34.8 Å². The lowest BCUT2D eigenvalue weighted by Gasteiger charge is -2.47. The molecule has 1 spiro atoms. The van der Waals surface area contributed by atoms with E-state index in [4.69, 9.17) is 16.6 Å². The van der Waals surface area contributed by atoms with Crippen molar-refractivity contribution in [2.45, 2.75) is 50.1 Å². The number of aliphatic imine (C=N–C) groups is 1. The standard InChI is InChI=1S/C23H26ClN5O/c24-17-7-3-6-16(14-17)21(30)29-13-5-11-23(15-29)22(26-18-8-1-2-9-18)27-20-19(28-23)10-4-12-25-20/h3-4,6-7,10,12,14,18,28H,1-2,5,8-9,11,13,15H2,(H,25,26,27). The monoisotopic (exact) mass is 423 g/mol. The van der Waals surface area contributed by atoms with Gasteiger partial charge in [0.2, 0.25) is 0 Å². The number of pyridine rings is 1. The molecule has 6 nitrogen and oxygen atoms in total. The number of nitrogens with zero attached hydrogens (tertiary/aromatic N) is 3. The molecule has 1 amide bonds. The van der Waals surface area contributed by atoms with Gasteiger partial charge in [-0.15, -0.1) is 0 Å². The molecule has 2 fully saturated rings. The fraction of sp³-hybridized carbons (Fsp3) is 0.435. The van der Waals surface area contributed by atoms with E-state index >= 15 is 0 Å². The molecule has 0 bridgehead atoms.